The minimum atomic E-state index is -1.46. The first-order valence-electron chi connectivity index (χ1n) is 6.69. The molecule has 0 radical (unpaired) electrons. The smallest absolute Gasteiger partial charge is 0.328 e. The van der Waals surface area contributed by atoms with Crippen molar-refractivity contribution >= 4 is 23.8 Å². The molecule has 0 fully saturated rings. The Hall–Kier alpha value is -2.98. The van der Waals surface area contributed by atoms with Crippen molar-refractivity contribution in [3.63, 3.8) is 0 Å². The Bertz CT molecular complexity index is 573. The summed E-state index contributed by atoms with van der Waals surface area (Å²) >= 11 is 0. The van der Waals surface area contributed by atoms with Gasteiger partial charge in [0.2, 0.25) is 0 Å². The van der Waals surface area contributed by atoms with Crippen molar-refractivity contribution in [1.29, 1.82) is 0 Å². The van der Waals surface area contributed by atoms with Gasteiger partial charge < -0.3 is 31.1 Å². The first-order valence-corrected chi connectivity index (χ1v) is 6.69. The van der Waals surface area contributed by atoms with Gasteiger partial charge in [-0.1, -0.05) is 0 Å². The van der Waals surface area contributed by atoms with E-state index in [-0.39, 0.29) is 11.1 Å². The van der Waals surface area contributed by atoms with Gasteiger partial charge in [-0.2, -0.15) is 0 Å². The standard InChI is InChI=1S/C14H16N2O8/c17-5-9(13(21)22)15-11(19)7-1-2-8(4-3-7)12(20)16-10(6-18)14(23)24/h1-4,9-10,17-18H,5-6H2,(H,15,19)(H,16,20)(H,21,22)(H,23,24). The van der Waals surface area contributed by atoms with Crippen molar-refractivity contribution in [2.45, 2.75) is 12.1 Å². The first kappa shape index (κ1) is 19.1. The zero-order chi connectivity index (χ0) is 18.3. The highest BCUT2D eigenvalue weighted by Gasteiger charge is 2.21. The predicted octanol–water partition coefficient (Wildman–Crippen LogP) is -1.96. The third-order valence-electron chi connectivity index (χ3n) is 2.98. The van der Waals surface area contributed by atoms with Crippen LogP contribution in [0.3, 0.4) is 0 Å². The number of benzene rings is 1. The highest BCUT2D eigenvalue weighted by molar-refractivity contribution is 5.99. The van der Waals surface area contributed by atoms with Crippen molar-refractivity contribution in [3.05, 3.63) is 35.4 Å². The number of aliphatic carboxylic acids is 2. The van der Waals surface area contributed by atoms with Crippen LogP contribution in [-0.4, -0.2) is 69.5 Å². The van der Waals surface area contributed by atoms with Crippen LogP contribution in [0.4, 0.5) is 0 Å². The van der Waals surface area contributed by atoms with Crippen LogP contribution in [0.5, 0.6) is 0 Å². The highest BCUT2D eigenvalue weighted by atomic mass is 16.4. The molecule has 2 amide bonds. The summed E-state index contributed by atoms with van der Waals surface area (Å²) in [4.78, 5) is 45.1. The van der Waals surface area contributed by atoms with Crippen LogP contribution in [0.1, 0.15) is 20.7 Å². The van der Waals surface area contributed by atoms with E-state index in [1.165, 1.54) is 24.3 Å². The van der Waals surface area contributed by atoms with Gasteiger partial charge in [0, 0.05) is 11.1 Å². The zero-order valence-corrected chi connectivity index (χ0v) is 12.3. The van der Waals surface area contributed by atoms with Gasteiger partial charge in [0.1, 0.15) is 0 Å². The average molecular weight is 340 g/mol. The Morgan fingerprint density at radius 2 is 1.04 bits per heavy atom. The number of carbonyl (C=O) groups excluding carboxylic acids is 2. The number of amides is 2. The topological polar surface area (TPSA) is 173 Å². The third kappa shape index (κ3) is 5.04. The maximum Gasteiger partial charge on any atom is 0.328 e. The number of rotatable bonds is 8. The second-order valence-corrected chi connectivity index (χ2v) is 4.67. The summed E-state index contributed by atoms with van der Waals surface area (Å²) in [5, 5.41) is 39.3. The van der Waals surface area contributed by atoms with E-state index in [9.17, 15) is 19.2 Å². The molecule has 0 aromatic heterocycles. The second-order valence-electron chi connectivity index (χ2n) is 4.67. The number of carbonyl (C=O) groups is 4. The fraction of sp³-hybridized carbons (Fsp3) is 0.286. The van der Waals surface area contributed by atoms with Crippen molar-refractivity contribution in [2.75, 3.05) is 13.2 Å². The van der Waals surface area contributed by atoms with Crippen LogP contribution in [0.2, 0.25) is 0 Å². The summed E-state index contributed by atoms with van der Waals surface area (Å²) in [6, 6.07) is 2.01. The molecule has 2 unspecified atom stereocenters. The molecule has 0 saturated carbocycles. The molecule has 0 aliphatic rings. The van der Waals surface area contributed by atoms with Crippen LogP contribution in [0.25, 0.3) is 0 Å². The molecule has 0 bridgehead atoms. The van der Waals surface area contributed by atoms with Crippen LogP contribution in [0.15, 0.2) is 24.3 Å². The molecule has 10 nitrogen and oxygen atoms in total. The predicted molar refractivity (Wildman–Crippen MR) is 78.4 cm³/mol. The lowest BCUT2D eigenvalue weighted by Crippen LogP contribution is -2.43. The largest absolute Gasteiger partial charge is 0.480 e. The Morgan fingerprint density at radius 1 is 0.750 bits per heavy atom. The molecule has 10 heteroatoms. The van der Waals surface area contributed by atoms with E-state index in [2.05, 4.69) is 10.6 Å². The summed E-state index contributed by atoms with van der Waals surface area (Å²) in [6.45, 7) is -1.56. The molecule has 1 aromatic rings. The Balaban J connectivity index is 2.78. The quantitative estimate of drug-likeness (QED) is 0.316. The van der Waals surface area contributed by atoms with Gasteiger partial charge in [-0.25, -0.2) is 9.59 Å². The van der Waals surface area contributed by atoms with E-state index in [1.54, 1.807) is 0 Å². The second kappa shape index (κ2) is 8.60. The van der Waals surface area contributed by atoms with Gasteiger partial charge in [-0.3, -0.25) is 9.59 Å². The average Bonchev–Trinajstić information content (AvgIpc) is 2.56. The van der Waals surface area contributed by atoms with E-state index < -0.39 is 49.1 Å². The number of hydrogen-bond acceptors (Lipinski definition) is 6. The van der Waals surface area contributed by atoms with Crippen LogP contribution in [0, 0.1) is 0 Å². The molecule has 6 N–H and O–H groups in total. The lowest BCUT2D eigenvalue weighted by molar-refractivity contribution is -0.141. The molecule has 0 saturated heterocycles. The highest BCUT2D eigenvalue weighted by Crippen LogP contribution is 2.05. The minimum absolute atomic E-state index is 0.0446. The minimum Gasteiger partial charge on any atom is -0.480 e. The third-order valence-corrected chi connectivity index (χ3v) is 2.98. The number of aliphatic hydroxyl groups is 2. The molecule has 0 heterocycles. The van der Waals surface area contributed by atoms with Crippen LogP contribution >= 0.6 is 0 Å². The lowest BCUT2D eigenvalue weighted by atomic mass is 10.1. The molecule has 0 spiro atoms. The zero-order valence-electron chi connectivity index (χ0n) is 12.3. The van der Waals surface area contributed by atoms with Gasteiger partial charge in [0.25, 0.3) is 11.8 Å². The van der Waals surface area contributed by atoms with Gasteiger partial charge in [0.15, 0.2) is 12.1 Å². The van der Waals surface area contributed by atoms with Crippen LogP contribution in [-0.2, 0) is 9.59 Å². The Labute approximate surface area is 135 Å². The molecular weight excluding hydrogens is 324 g/mol. The summed E-state index contributed by atoms with van der Waals surface area (Å²) in [7, 11) is 0. The van der Waals surface area contributed by atoms with Gasteiger partial charge >= 0.3 is 11.9 Å². The first-order chi connectivity index (χ1) is 11.3. The van der Waals surface area contributed by atoms with Gasteiger partial charge in [-0.05, 0) is 24.3 Å². The van der Waals surface area contributed by atoms with E-state index >= 15 is 0 Å². The van der Waals surface area contributed by atoms with Crippen molar-refractivity contribution in [1.82, 2.24) is 10.6 Å². The number of aliphatic hydroxyl groups excluding tert-OH is 2. The lowest BCUT2D eigenvalue weighted by Gasteiger charge is -2.13. The van der Waals surface area contributed by atoms with Crippen LogP contribution < -0.4 is 10.6 Å². The molecule has 1 aromatic carbocycles. The van der Waals surface area contributed by atoms with E-state index in [0.717, 1.165) is 0 Å². The van der Waals surface area contributed by atoms with Crippen molar-refractivity contribution in [3.8, 4) is 0 Å². The normalized spacial score (nSPS) is 12.8. The van der Waals surface area contributed by atoms with E-state index in [0.29, 0.717) is 0 Å². The molecule has 0 aliphatic carbocycles. The molecule has 130 valence electrons. The summed E-state index contributed by atoms with van der Waals surface area (Å²) in [5.41, 5.74) is 0.0892. The number of nitrogens with one attached hydrogen (secondary N) is 2. The Kier molecular flexibility index (Phi) is 6.83. The maximum absolute atomic E-state index is 11.8. The van der Waals surface area contributed by atoms with Crippen molar-refractivity contribution < 1.29 is 39.6 Å². The number of carboxylic acids is 2. The fourth-order valence-corrected chi connectivity index (χ4v) is 1.63. The molecular formula is C14H16N2O8. The summed E-state index contributed by atoms with van der Waals surface area (Å²) in [6.07, 6.45) is 0. The van der Waals surface area contributed by atoms with Crippen molar-refractivity contribution in [2.24, 2.45) is 0 Å². The molecule has 24 heavy (non-hydrogen) atoms. The SMILES string of the molecule is O=C(NC(CO)C(=O)O)c1ccc(C(=O)NC(CO)C(=O)O)cc1. The number of carboxylic acid groups (broad SMARTS) is 2. The Morgan fingerprint density at radius 3 is 1.25 bits per heavy atom. The monoisotopic (exact) mass is 340 g/mol. The molecule has 1 rings (SSSR count). The van der Waals surface area contributed by atoms with E-state index in [1.807, 2.05) is 0 Å². The molecule has 0 aliphatic heterocycles. The van der Waals surface area contributed by atoms with Gasteiger partial charge in [0.05, 0.1) is 13.2 Å². The van der Waals surface area contributed by atoms with E-state index in [4.69, 9.17) is 20.4 Å². The summed E-state index contributed by atoms with van der Waals surface area (Å²) < 4.78 is 0. The molecule has 2 atom stereocenters. The van der Waals surface area contributed by atoms with Gasteiger partial charge in [-0.15, -0.1) is 0 Å². The number of hydrogen-bond donors (Lipinski definition) is 6. The maximum atomic E-state index is 11.8. The summed E-state index contributed by atoms with van der Waals surface area (Å²) in [5.74, 6) is -4.32. The fourth-order valence-electron chi connectivity index (χ4n) is 1.63.